The molecule has 1 saturated carbocycles. The van der Waals surface area contributed by atoms with Crippen LogP contribution in [0.4, 0.5) is 0 Å². The normalized spacial score (nSPS) is 26.9. The number of likely N-dealkylation sites (N-methyl/N-ethyl adjacent to an activating group) is 2. The maximum Gasteiger partial charge on any atom is 0.236 e. The van der Waals surface area contributed by atoms with Crippen LogP contribution in [0.1, 0.15) is 26.7 Å². The number of carbonyl (C=O) groups excluding carboxylic acids is 1. The molecule has 2 rings (SSSR count). The van der Waals surface area contributed by atoms with Crippen LogP contribution in [0.2, 0.25) is 0 Å². The van der Waals surface area contributed by atoms with Gasteiger partial charge < -0.3 is 4.90 Å². The molecule has 3 nitrogen and oxygen atoms in total. The average molecular weight is 182 g/mol. The molecule has 0 bridgehead atoms. The van der Waals surface area contributed by atoms with Crippen LogP contribution in [-0.4, -0.2) is 47.4 Å². The number of piperazine rings is 1. The summed E-state index contributed by atoms with van der Waals surface area (Å²) in [4.78, 5) is 15.9. The molecule has 0 N–H and O–H groups in total. The molecule has 0 unspecified atom stereocenters. The Balaban J connectivity index is 2.09. The Bertz CT molecular complexity index is 223. The summed E-state index contributed by atoms with van der Waals surface area (Å²) in [6.45, 7) is 7.71. The summed E-state index contributed by atoms with van der Waals surface area (Å²) in [7, 11) is 0. The van der Waals surface area contributed by atoms with Crippen molar-refractivity contribution in [1.82, 2.24) is 9.80 Å². The van der Waals surface area contributed by atoms with Crippen LogP contribution in [-0.2, 0) is 4.79 Å². The molecule has 0 aromatic heterocycles. The van der Waals surface area contributed by atoms with Gasteiger partial charge in [0.15, 0.2) is 0 Å². The van der Waals surface area contributed by atoms with Gasteiger partial charge in [-0.15, -0.1) is 0 Å². The molecule has 0 aromatic carbocycles. The van der Waals surface area contributed by atoms with Gasteiger partial charge in [0.1, 0.15) is 0 Å². The van der Waals surface area contributed by atoms with Gasteiger partial charge >= 0.3 is 0 Å². The zero-order valence-electron chi connectivity index (χ0n) is 8.55. The minimum absolute atomic E-state index is 0.307. The largest absolute Gasteiger partial charge is 0.340 e. The molecular weight excluding hydrogens is 164 g/mol. The smallest absolute Gasteiger partial charge is 0.236 e. The maximum atomic E-state index is 11.6. The van der Waals surface area contributed by atoms with E-state index >= 15 is 0 Å². The molecule has 3 heteroatoms. The quantitative estimate of drug-likeness (QED) is 0.627. The van der Waals surface area contributed by atoms with E-state index in [1.165, 1.54) is 12.8 Å². The third-order valence-electron chi connectivity index (χ3n) is 3.43. The topological polar surface area (TPSA) is 23.6 Å². The van der Waals surface area contributed by atoms with Crippen molar-refractivity contribution in [2.45, 2.75) is 32.2 Å². The van der Waals surface area contributed by atoms with Crippen LogP contribution < -0.4 is 0 Å². The fraction of sp³-hybridized carbons (Fsp3) is 0.900. The SMILES string of the molecule is CCN1CC2(CC2)N(CC)CC1=O. The van der Waals surface area contributed by atoms with Crippen LogP contribution in [0.5, 0.6) is 0 Å². The predicted molar refractivity (Wildman–Crippen MR) is 51.5 cm³/mol. The molecule has 1 aliphatic carbocycles. The van der Waals surface area contributed by atoms with Crippen molar-refractivity contribution in [3.8, 4) is 0 Å². The van der Waals surface area contributed by atoms with Crippen LogP contribution in [0.25, 0.3) is 0 Å². The molecule has 1 amide bonds. The molecule has 1 saturated heterocycles. The molecule has 1 spiro atoms. The molecule has 1 heterocycles. The summed E-state index contributed by atoms with van der Waals surface area (Å²) >= 11 is 0. The highest BCUT2D eigenvalue weighted by Gasteiger charge is 2.52. The molecule has 2 fully saturated rings. The predicted octanol–water partition coefficient (Wildman–Crippen LogP) is 0.703. The fourth-order valence-corrected chi connectivity index (χ4v) is 2.33. The third kappa shape index (κ3) is 1.35. The number of carbonyl (C=O) groups is 1. The Hall–Kier alpha value is -0.570. The van der Waals surface area contributed by atoms with Crippen LogP contribution >= 0.6 is 0 Å². The van der Waals surface area contributed by atoms with Crippen molar-refractivity contribution < 1.29 is 4.79 Å². The average Bonchev–Trinajstić information content (AvgIpc) is 2.90. The van der Waals surface area contributed by atoms with E-state index < -0.39 is 0 Å². The summed E-state index contributed by atoms with van der Waals surface area (Å²) in [6, 6.07) is 0. The van der Waals surface area contributed by atoms with Crippen molar-refractivity contribution in [3.63, 3.8) is 0 Å². The van der Waals surface area contributed by atoms with E-state index in [0.29, 0.717) is 18.0 Å². The molecular formula is C10H18N2O. The minimum Gasteiger partial charge on any atom is -0.340 e. The highest BCUT2D eigenvalue weighted by atomic mass is 16.2. The van der Waals surface area contributed by atoms with E-state index in [1.807, 2.05) is 4.90 Å². The first kappa shape index (κ1) is 9.00. The Morgan fingerprint density at radius 1 is 1.31 bits per heavy atom. The van der Waals surface area contributed by atoms with Gasteiger partial charge in [-0.05, 0) is 26.3 Å². The Kier molecular flexibility index (Phi) is 2.06. The number of nitrogens with zero attached hydrogens (tertiary/aromatic N) is 2. The van der Waals surface area contributed by atoms with Gasteiger partial charge in [0.05, 0.1) is 6.54 Å². The standard InChI is InChI=1S/C10H18N2O/c1-3-11-8-10(5-6-10)12(4-2)7-9(11)13/h3-8H2,1-2H3. The molecule has 1 aliphatic heterocycles. The highest BCUT2D eigenvalue weighted by molar-refractivity contribution is 5.79. The summed E-state index contributed by atoms with van der Waals surface area (Å²) < 4.78 is 0. The molecule has 0 radical (unpaired) electrons. The maximum absolute atomic E-state index is 11.6. The van der Waals surface area contributed by atoms with E-state index in [1.54, 1.807) is 0 Å². The van der Waals surface area contributed by atoms with Crippen LogP contribution in [0.3, 0.4) is 0 Å². The number of amides is 1. The Morgan fingerprint density at radius 3 is 2.46 bits per heavy atom. The first-order chi connectivity index (χ1) is 6.22. The zero-order valence-corrected chi connectivity index (χ0v) is 8.55. The highest BCUT2D eigenvalue weighted by Crippen LogP contribution is 2.44. The van der Waals surface area contributed by atoms with E-state index in [9.17, 15) is 4.79 Å². The minimum atomic E-state index is 0.307. The fourth-order valence-electron chi connectivity index (χ4n) is 2.33. The molecule has 0 aromatic rings. The first-order valence-corrected chi connectivity index (χ1v) is 5.24. The number of hydrogen-bond donors (Lipinski definition) is 0. The zero-order chi connectivity index (χ0) is 9.47. The summed E-state index contributed by atoms with van der Waals surface area (Å²) in [5.41, 5.74) is 0.388. The van der Waals surface area contributed by atoms with E-state index in [2.05, 4.69) is 18.7 Å². The summed E-state index contributed by atoms with van der Waals surface area (Å²) in [5.74, 6) is 0.307. The van der Waals surface area contributed by atoms with Gasteiger partial charge in [-0.3, -0.25) is 9.69 Å². The van der Waals surface area contributed by atoms with Crippen molar-refractivity contribution in [2.75, 3.05) is 26.2 Å². The second kappa shape index (κ2) is 2.98. The lowest BCUT2D eigenvalue weighted by atomic mass is 10.1. The summed E-state index contributed by atoms with van der Waals surface area (Å²) in [5, 5.41) is 0. The van der Waals surface area contributed by atoms with E-state index in [0.717, 1.165) is 19.6 Å². The number of rotatable bonds is 2. The Labute approximate surface area is 79.7 Å². The molecule has 74 valence electrons. The van der Waals surface area contributed by atoms with Gasteiger partial charge in [-0.25, -0.2) is 0 Å². The lowest BCUT2D eigenvalue weighted by Gasteiger charge is -2.40. The van der Waals surface area contributed by atoms with Crippen molar-refractivity contribution in [1.29, 1.82) is 0 Å². The summed E-state index contributed by atoms with van der Waals surface area (Å²) in [6.07, 6.45) is 2.56. The van der Waals surface area contributed by atoms with E-state index in [4.69, 9.17) is 0 Å². The monoisotopic (exact) mass is 182 g/mol. The Morgan fingerprint density at radius 2 is 2.00 bits per heavy atom. The first-order valence-electron chi connectivity index (χ1n) is 5.24. The molecule has 2 aliphatic rings. The van der Waals surface area contributed by atoms with Gasteiger partial charge in [0, 0.05) is 18.6 Å². The van der Waals surface area contributed by atoms with Gasteiger partial charge in [0.2, 0.25) is 5.91 Å². The van der Waals surface area contributed by atoms with Crippen LogP contribution in [0, 0.1) is 0 Å². The number of hydrogen-bond acceptors (Lipinski definition) is 2. The lowest BCUT2D eigenvalue weighted by molar-refractivity contribution is -0.139. The lowest BCUT2D eigenvalue weighted by Crippen LogP contribution is -2.57. The van der Waals surface area contributed by atoms with Crippen molar-refractivity contribution >= 4 is 5.91 Å². The van der Waals surface area contributed by atoms with Gasteiger partial charge in [0.25, 0.3) is 0 Å². The van der Waals surface area contributed by atoms with E-state index in [-0.39, 0.29) is 0 Å². The second-order valence-corrected chi connectivity index (χ2v) is 4.15. The third-order valence-corrected chi connectivity index (χ3v) is 3.43. The van der Waals surface area contributed by atoms with Gasteiger partial charge in [-0.2, -0.15) is 0 Å². The molecule has 0 atom stereocenters. The van der Waals surface area contributed by atoms with Crippen molar-refractivity contribution in [3.05, 3.63) is 0 Å². The van der Waals surface area contributed by atoms with Crippen LogP contribution in [0.15, 0.2) is 0 Å². The molecule has 13 heavy (non-hydrogen) atoms. The van der Waals surface area contributed by atoms with Gasteiger partial charge in [-0.1, -0.05) is 6.92 Å². The van der Waals surface area contributed by atoms with Crippen molar-refractivity contribution in [2.24, 2.45) is 0 Å². The second-order valence-electron chi connectivity index (χ2n) is 4.15.